The Morgan fingerprint density at radius 3 is 2.20 bits per heavy atom. The number of aliphatic hydroxyl groups excluding tert-OH is 1. The third-order valence-corrected chi connectivity index (χ3v) is 1.41. The molecule has 0 aromatic rings. The van der Waals surface area contributed by atoms with Gasteiger partial charge in [-0.05, 0) is 11.4 Å². The van der Waals surface area contributed by atoms with E-state index in [4.69, 9.17) is 5.11 Å². The largest absolute Gasteiger partial charge is 0.409 e. The van der Waals surface area contributed by atoms with Gasteiger partial charge in [0.25, 0.3) is 16.3 Å². The van der Waals surface area contributed by atoms with Gasteiger partial charge in [0, 0.05) is 0 Å². The molecule has 0 rings (SSSR count). The summed E-state index contributed by atoms with van der Waals surface area (Å²) in [6.45, 7) is 1.98. The van der Waals surface area contributed by atoms with E-state index in [0.717, 1.165) is 22.7 Å². The molecule has 0 aliphatic heterocycles. The fourth-order valence-corrected chi connectivity index (χ4v) is 0. The Balaban J connectivity index is 2.54. The van der Waals surface area contributed by atoms with E-state index in [1.165, 1.54) is 0 Å². The second kappa shape index (κ2) is 2.72. The standard InChI is InChI=1S/C3H7O.Al.2H/c1-2-3-4;;;/h3-4H,2H2,1H3;;;. The summed E-state index contributed by atoms with van der Waals surface area (Å²) in [5.74, 6) is 0. The Morgan fingerprint density at radius 1 is 2.00 bits per heavy atom. The molecule has 0 bridgehead atoms. The highest BCUT2D eigenvalue weighted by Crippen LogP contribution is 1.76. The third-order valence-electron chi connectivity index (χ3n) is 0.591. The second-order valence-electron chi connectivity index (χ2n) is 1.26. The van der Waals surface area contributed by atoms with E-state index < -0.39 is 0 Å². The molecule has 0 radical (unpaired) electrons. The Kier molecular flexibility index (Phi) is 2.98. The molecule has 2 heteroatoms. The van der Waals surface area contributed by atoms with Gasteiger partial charge in [-0.2, -0.15) is 0 Å². The van der Waals surface area contributed by atoms with E-state index in [-0.39, 0.29) is 4.97 Å². The SMILES string of the molecule is CC[CH](O)[AlH2]. The fourth-order valence-electron chi connectivity index (χ4n) is 0. The first-order valence-corrected chi connectivity index (χ1v) is 3.11. The number of hydrogen-bond donors (Lipinski definition) is 1. The molecule has 0 aromatic carbocycles. The van der Waals surface area contributed by atoms with Crippen molar-refractivity contribution >= 4 is 16.3 Å². The van der Waals surface area contributed by atoms with E-state index in [2.05, 4.69) is 0 Å². The summed E-state index contributed by atoms with van der Waals surface area (Å²) in [6, 6.07) is 0. The summed E-state index contributed by atoms with van der Waals surface area (Å²) in [5.41, 5.74) is 0. The van der Waals surface area contributed by atoms with Crippen LogP contribution in [0.2, 0.25) is 0 Å². The van der Waals surface area contributed by atoms with E-state index in [1.807, 2.05) is 6.92 Å². The molecular weight excluding hydrogens is 79.0 g/mol. The fraction of sp³-hybridized carbons (Fsp3) is 1.00. The van der Waals surface area contributed by atoms with Crippen molar-refractivity contribution in [2.75, 3.05) is 0 Å². The normalized spacial score (nSPS) is 14.8. The molecule has 0 aliphatic rings. The topological polar surface area (TPSA) is 20.2 Å². The summed E-state index contributed by atoms with van der Waals surface area (Å²) in [7, 11) is 0. The van der Waals surface area contributed by atoms with Crippen molar-refractivity contribution in [3.63, 3.8) is 0 Å². The van der Waals surface area contributed by atoms with Crippen LogP contribution in [0.15, 0.2) is 0 Å². The molecule has 0 saturated heterocycles. The highest BCUT2D eigenvalue weighted by Gasteiger charge is 1.83. The van der Waals surface area contributed by atoms with Gasteiger partial charge < -0.3 is 5.11 Å². The molecule has 0 amide bonds. The van der Waals surface area contributed by atoms with Gasteiger partial charge in [0.15, 0.2) is 0 Å². The minimum absolute atomic E-state index is 0.0231. The summed E-state index contributed by atoms with van der Waals surface area (Å²) >= 11 is 0.925. The molecule has 0 spiro atoms. The Morgan fingerprint density at radius 2 is 2.20 bits per heavy atom. The molecule has 1 N–H and O–H groups in total. The monoisotopic (exact) mass is 88.0 g/mol. The van der Waals surface area contributed by atoms with Crippen LogP contribution in [-0.2, 0) is 0 Å². The molecule has 1 nitrogen and oxygen atoms in total. The Bertz CT molecular complexity index is 20.9. The summed E-state index contributed by atoms with van der Waals surface area (Å²) in [5, 5.41) is 8.42. The smallest absolute Gasteiger partial charge is 0.258 e. The maximum atomic E-state index is 8.42. The second-order valence-corrected chi connectivity index (χ2v) is 2.59. The maximum Gasteiger partial charge on any atom is 0.258 e. The first-order valence-electron chi connectivity index (χ1n) is 1.95. The first-order chi connectivity index (χ1) is 2.27. The lowest BCUT2D eigenvalue weighted by atomic mass is 10.5. The minimum Gasteiger partial charge on any atom is -0.409 e. The lowest BCUT2D eigenvalue weighted by Crippen LogP contribution is -2.00. The molecular formula is C3H9AlO. The zero-order valence-corrected chi connectivity index (χ0v) is 5.73. The molecule has 5 heavy (non-hydrogen) atoms. The zero-order valence-electron chi connectivity index (χ0n) is 3.73. The van der Waals surface area contributed by atoms with Crippen LogP contribution in [-0.4, -0.2) is 26.4 Å². The van der Waals surface area contributed by atoms with Crippen LogP contribution in [0.3, 0.4) is 0 Å². The van der Waals surface area contributed by atoms with Gasteiger partial charge in [-0.1, -0.05) is 6.92 Å². The van der Waals surface area contributed by atoms with Crippen molar-refractivity contribution in [2.24, 2.45) is 0 Å². The third kappa shape index (κ3) is 4.49. The minimum atomic E-state index is 0.0231. The zero-order chi connectivity index (χ0) is 4.28. The average molecular weight is 88.1 g/mol. The first kappa shape index (κ1) is 5.49. The van der Waals surface area contributed by atoms with Crippen LogP contribution in [0.5, 0.6) is 0 Å². The van der Waals surface area contributed by atoms with Gasteiger partial charge in [-0.3, -0.25) is 0 Å². The molecule has 1 atom stereocenters. The molecule has 30 valence electrons. The van der Waals surface area contributed by atoms with Crippen molar-refractivity contribution in [1.29, 1.82) is 0 Å². The van der Waals surface area contributed by atoms with Gasteiger partial charge in [-0.15, -0.1) is 0 Å². The van der Waals surface area contributed by atoms with E-state index >= 15 is 0 Å². The summed E-state index contributed by atoms with van der Waals surface area (Å²) in [6.07, 6.45) is 0.923. The van der Waals surface area contributed by atoms with Crippen molar-refractivity contribution in [2.45, 2.75) is 18.3 Å². The molecule has 0 aromatic heterocycles. The lowest BCUT2D eigenvalue weighted by Gasteiger charge is -1.90. The predicted octanol–water partition coefficient (Wildman–Crippen LogP) is -0.652. The van der Waals surface area contributed by atoms with Crippen LogP contribution in [0.4, 0.5) is 0 Å². The maximum absolute atomic E-state index is 8.42. The van der Waals surface area contributed by atoms with Gasteiger partial charge in [0.05, 0.1) is 0 Å². The van der Waals surface area contributed by atoms with E-state index in [9.17, 15) is 0 Å². The van der Waals surface area contributed by atoms with Crippen LogP contribution < -0.4 is 0 Å². The van der Waals surface area contributed by atoms with E-state index in [1.54, 1.807) is 0 Å². The highest BCUT2D eigenvalue weighted by atomic mass is 27.0. The molecule has 0 fully saturated rings. The summed E-state index contributed by atoms with van der Waals surface area (Å²) < 4.78 is 0. The average Bonchev–Trinajstić information content (AvgIpc) is 1.38. The van der Waals surface area contributed by atoms with Crippen molar-refractivity contribution in [1.82, 2.24) is 0 Å². The van der Waals surface area contributed by atoms with Crippen molar-refractivity contribution in [3.8, 4) is 0 Å². The Hall–Kier alpha value is 0.492. The van der Waals surface area contributed by atoms with Gasteiger partial charge in [-0.25, -0.2) is 0 Å². The Labute approximate surface area is 40.4 Å². The number of aliphatic hydroxyl groups is 1. The predicted molar refractivity (Wildman–Crippen MR) is 24.8 cm³/mol. The van der Waals surface area contributed by atoms with Gasteiger partial charge in [0.2, 0.25) is 0 Å². The van der Waals surface area contributed by atoms with Crippen LogP contribution in [0, 0.1) is 0 Å². The quantitative estimate of drug-likeness (QED) is 0.422. The summed E-state index contributed by atoms with van der Waals surface area (Å²) in [4.78, 5) is 0.0231. The van der Waals surface area contributed by atoms with Crippen LogP contribution in [0.25, 0.3) is 0 Å². The lowest BCUT2D eigenvalue weighted by molar-refractivity contribution is 0.251. The molecule has 1 unspecified atom stereocenters. The van der Waals surface area contributed by atoms with E-state index in [0.29, 0.717) is 0 Å². The van der Waals surface area contributed by atoms with Crippen molar-refractivity contribution < 1.29 is 5.11 Å². The highest BCUT2D eigenvalue weighted by molar-refractivity contribution is 6.10. The van der Waals surface area contributed by atoms with Crippen molar-refractivity contribution in [3.05, 3.63) is 0 Å². The van der Waals surface area contributed by atoms with Gasteiger partial charge >= 0.3 is 0 Å². The van der Waals surface area contributed by atoms with Crippen LogP contribution >= 0.6 is 0 Å². The molecule has 0 aliphatic carbocycles. The number of hydrogen-bond acceptors (Lipinski definition) is 1. The number of rotatable bonds is 1. The van der Waals surface area contributed by atoms with Gasteiger partial charge in [0.1, 0.15) is 0 Å². The molecule has 0 saturated carbocycles. The van der Waals surface area contributed by atoms with Crippen LogP contribution in [0.1, 0.15) is 13.3 Å². The molecule has 0 heterocycles.